The van der Waals surface area contributed by atoms with Crippen molar-refractivity contribution in [2.75, 3.05) is 37.6 Å². The minimum Gasteiger partial charge on any atom is -0.364 e. The van der Waals surface area contributed by atoms with E-state index in [1.807, 2.05) is 12.3 Å². The Labute approximate surface area is 209 Å². The van der Waals surface area contributed by atoms with Crippen LogP contribution in [0.25, 0.3) is 0 Å². The van der Waals surface area contributed by atoms with Gasteiger partial charge in [0, 0.05) is 57.2 Å². The molecule has 4 rings (SSSR count). The van der Waals surface area contributed by atoms with E-state index in [0.29, 0.717) is 12.6 Å². The van der Waals surface area contributed by atoms with Crippen LogP contribution in [0, 0.1) is 0 Å². The number of hydrogen-bond donors (Lipinski definition) is 2. The Morgan fingerprint density at radius 3 is 2.62 bits per heavy atom. The Morgan fingerprint density at radius 2 is 1.91 bits per heavy atom. The van der Waals surface area contributed by atoms with Crippen molar-refractivity contribution in [1.29, 1.82) is 0 Å². The summed E-state index contributed by atoms with van der Waals surface area (Å²) < 4.78 is 0. The molecular weight excluding hydrogens is 511 g/mol. The van der Waals surface area contributed by atoms with Gasteiger partial charge in [0.1, 0.15) is 0 Å². The third-order valence-corrected chi connectivity index (χ3v) is 5.90. The van der Waals surface area contributed by atoms with E-state index in [2.05, 4.69) is 80.9 Å². The lowest BCUT2D eigenvalue weighted by molar-refractivity contribution is 0.196. The zero-order valence-corrected chi connectivity index (χ0v) is 21.2. The SMILES string of the molecule is CCNC(=NCc1cccc(N2CC=CC2)c1)NC1CCN(Cc2ccccn2)CC1.I. The van der Waals surface area contributed by atoms with Crippen molar-refractivity contribution in [2.24, 2.45) is 4.99 Å². The van der Waals surface area contributed by atoms with Gasteiger partial charge in [0.2, 0.25) is 0 Å². The van der Waals surface area contributed by atoms with E-state index in [0.717, 1.165) is 63.8 Å². The highest BCUT2D eigenvalue weighted by atomic mass is 127. The molecule has 32 heavy (non-hydrogen) atoms. The van der Waals surface area contributed by atoms with Crippen LogP contribution in [0.15, 0.2) is 65.8 Å². The summed E-state index contributed by atoms with van der Waals surface area (Å²) in [5, 5.41) is 7.07. The molecule has 1 fully saturated rings. The lowest BCUT2D eigenvalue weighted by Gasteiger charge is -2.32. The molecular formula is C25H35IN6. The highest BCUT2D eigenvalue weighted by Crippen LogP contribution is 2.19. The van der Waals surface area contributed by atoms with Crippen molar-refractivity contribution >= 4 is 35.6 Å². The van der Waals surface area contributed by atoms with E-state index >= 15 is 0 Å². The highest BCUT2D eigenvalue weighted by molar-refractivity contribution is 14.0. The first-order valence-corrected chi connectivity index (χ1v) is 11.5. The van der Waals surface area contributed by atoms with E-state index in [4.69, 9.17) is 4.99 Å². The summed E-state index contributed by atoms with van der Waals surface area (Å²) in [7, 11) is 0. The molecule has 3 heterocycles. The third kappa shape index (κ3) is 7.20. The Kier molecular flexibility index (Phi) is 9.80. The van der Waals surface area contributed by atoms with Crippen LogP contribution in [-0.4, -0.2) is 54.6 Å². The second kappa shape index (κ2) is 12.8. The Hall–Kier alpha value is -2.13. The van der Waals surface area contributed by atoms with E-state index < -0.39 is 0 Å². The number of nitrogens with one attached hydrogen (secondary N) is 2. The van der Waals surface area contributed by atoms with Gasteiger partial charge in [-0.1, -0.05) is 30.4 Å². The second-order valence-electron chi connectivity index (χ2n) is 8.26. The van der Waals surface area contributed by atoms with E-state index in [1.165, 1.54) is 11.3 Å². The zero-order valence-electron chi connectivity index (χ0n) is 18.9. The van der Waals surface area contributed by atoms with E-state index in [9.17, 15) is 0 Å². The first kappa shape index (κ1) is 24.5. The van der Waals surface area contributed by atoms with Crippen molar-refractivity contribution in [2.45, 2.75) is 38.9 Å². The van der Waals surface area contributed by atoms with E-state index in [1.54, 1.807) is 0 Å². The Bertz CT molecular complexity index is 869. The van der Waals surface area contributed by atoms with Gasteiger partial charge in [0.25, 0.3) is 0 Å². The minimum absolute atomic E-state index is 0. The summed E-state index contributed by atoms with van der Waals surface area (Å²) in [6.07, 6.45) is 8.56. The molecule has 172 valence electrons. The lowest BCUT2D eigenvalue weighted by Crippen LogP contribution is -2.48. The molecule has 1 saturated heterocycles. The monoisotopic (exact) mass is 546 g/mol. The summed E-state index contributed by atoms with van der Waals surface area (Å²) in [6.45, 7) is 8.76. The second-order valence-corrected chi connectivity index (χ2v) is 8.26. The summed E-state index contributed by atoms with van der Waals surface area (Å²) in [5.41, 5.74) is 3.67. The minimum atomic E-state index is 0. The van der Waals surface area contributed by atoms with Crippen LogP contribution in [0.2, 0.25) is 0 Å². The number of piperidine rings is 1. The number of halogens is 1. The van der Waals surface area contributed by atoms with Gasteiger partial charge in [-0.2, -0.15) is 0 Å². The van der Waals surface area contributed by atoms with Gasteiger partial charge in [-0.25, -0.2) is 4.99 Å². The third-order valence-electron chi connectivity index (χ3n) is 5.90. The number of likely N-dealkylation sites (tertiary alicyclic amines) is 1. The average Bonchev–Trinajstić information content (AvgIpc) is 3.35. The molecule has 2 aliphatic rings. The standard InChI is InChI=1S/C25H34N6.HI/c1-2-26-25(28-19-21-8-7-10-24(18-21)31-14-5-6-15-31)29-22-11-16-30(17-12-22)20-23-9-3-4-13-27-23;/h3-10,13,18,22H,2,11-12,14-17,19-20H2,1H3,(H2,26,28,29);1H. The first-order chi connectivity index (χ1) is 15.3. The topological polar surface area (TPSA) is 55.8 Å². The molecule has 0 atom stereocenters. The molecule has 0 spiro atoms. The maximum absolute atomic E-state index is 4.87. The molecule has 0 amide bonds. The number of nitrogens with zero attached hydrogens (tertiary/aromatic N) is 4. The highest BCUT2D eigenvalue weighted by Gasteiger charge is 2.20. The molecule has 1 aromatic heterocycles. The quantitative estimate of drug-likeness (QED) is 0.240. The van der Waals surface area contributed by atoms with Crippen LogP contribution in [0.5, 0.6) is 0 Å². The van der Waals surface area contributed by atoms with Crippen LogP contribution in [0.4, 0.5) is 5.69 Å². The van der Waals surface area contributed by atoms with Crippen LogP contribution in [0.1, 0.15) is 31.0 Å². The summed E-state index contributed by atoms with van der Waals surface area (Å²) >= 11 is 0. The molecule has 7 heteroatoms. The Morgan fingerprint density at radius 1 is 1.09 bits per heavy atom. The van der Waals surface area contributed by atoms with Gasteiger partial charge in [-0.05, 0) is 49.6 Å². The van der Waals surface area contributed by atoms with Gasteiger partial charge in [-0.15, -0.1) is 24.0 Å². The van der Waals surface area contributed by atoms with Crippen LogP contribution < -0.4 is 15.5 Å². The molecule has 6 nitrogen and oxygen atoms in total. The number of guanidine groups is 1. The molecule has 0 saturated carbocycles. The molecule has 0 aliphatic carbocycles. The van der Waals surface area contributed by atoms with E-state index in [-0.39, 0.29) is 24.0 Å². The molecule has 0 unspecified atom stereocenters. The first-order valence-electron chi connectivity index (χ1n) is 11.5. The summed E-state index contributed by atoms with van der Waals surface area (Å²) in [6, 6.07) is 15.3. The summed E-state index contributed by atoms with van der Waals surface area (Å²) in [4.78, 5) is 14.2. The molecule has 0 bridgehead atoms. The van der Waals surface area contributed by atoms with Crippen LogP contribution in [0.3, 0.4) is 0 Å². The predicted octanol–water partition coefficient (Wildman–Crippen LogP) is 3.80. The lowest BCUT2D eigenvalue weighted by atomic mass is 10.0. The van der Waals surface area contributed by atoms with Gasteiger partial charge < -0.3 is 15.5 Å². The number of pyridine rings is 1. The van der Waals surface area contributed by atoms with Gasteiger partial charge >= 0.3 is 0 Å². The van der Waals surface area contributed by atoms with Crippen molar-refractivity contribution in [1.82, 2.24) is 20.5 Å². The Balaban J connectivity index is 0.00000289. The molecule has 0 radical (unpaired) electrons. The van der Waals surface area contributed by atoms with Crippen molar-refractivity contribution in [3.8, 4) is 0 Å². The molecule has 2 N–H and O–H groups in total. The smallest absolute Gasteiger partial charge is 0.191 e. The number of aromatic nitrogens is 1. The fraction of sp³-hybridized carbons (Fsp3) is 0.440. The van der Waals surface area contributed by atoms with Crippen molar-refractivity contribution in [3.63, 3.8) is 0 Å². The van der Waals surface area contributed by atoms with Gasteiger partial charge in [-0.3, -0.25) is 9.88 Å². The number of aliphatic imine (C=N–C) groups is 1. The van der Waals surface area contributed by atoms with Crippen LogP contribution >= 0.6 is 24.0 Å². The molecule has 2 aromatic rings. The predicted molar refractivity (Wildman–Crippen MR) is 144 cm³/mol. The largest absolute Gasteiger partial charge is 0.364 e. The number of anilines is 1. The maximum atomic E-state index is 4.87. The fourth-order valence-electron chi connectivity index (χ4n) is 4.18. The maximum Gasteiger partial charge on any atom is 0.191 e. The fourth-order valence-corrected chi connectivity index (χ4v) is 4.18. The van der Waals surface area contributed by atoms with Crippen molar-refractivity contribution in [3.05, 3.63) is 72.1 Å². The van der Waals surface area contributed by atoms with Crippen molar-refractivity contribution < 1.29 is 0 Å². The zero-order chi connectivity index (χ0) is 21.3. The van der Waals surface area contributed by atoms with Crippen LogP contribution in [-0.2, 0) is 13.1 Å². The molecule has 2 aliphatic heterocycles. The van der Waals surface area contributed by atoms with Gasteiger partial charge in [0.15, 0.2) is 5.96 Å². The average molecular weight is 547 g/mol. The number of hydrogen-bond acceptors (Lipinski definition) is 4. The number of rotatable bonds is 7. The molecule has 1 aromatic carbocycles. The normalized spacial score (nSPS) is 17.3. The number of benzene rings is 1. The van der Waals surface area contributed by atoms with Gasteiger partial charge in [0.05, 0.1) is 12.2 Å². The summed E-state index contributed by atoms with van der Waals surface area (Å²) in [5.74, 6) is 0.916.